The minimum Gasteiger partial charge on any atom is -0.383 e. The summed E-state index contributed by atoms with van der Waals surface area (Å²) in [5, 5.41) is 13.3. The van der Waals surface area contributed by atoms with E-state index in [0.717, 1.165) is 6.20 Å². The number of H-pyrrole nitrogens is 1. The highest BCUT2D eigenvalue weighted by atomic mass is 32.2. The maximum atomic E-state index is 11.9. The zero-order chi connectivity index (χ0) is 13.3. The number of nitrogens with zero attached hydrogens (tertiary/aromatic N) is 4. The molecule has 10 heteroatoms. The van der Waals surface area contributed by atoms with Gasteiger partial charge in [-0.05, 0) is 13.8 Å². The molecule has 0 saturated heterocycles. The number of aromatic nitrogens is 5. The molecular weight excluding hydrogens is 258 g/mol. The number of aromatic amines is 1. The van der Waals surface area contributed by atoms with Crippen molar-refractivity contribution in [1.29, 1.82) is 0 Å². The Labute approximate surface area is 103 Å². The third kappa shape index (κ3) is 2.22. The summed E-state index contributed by atoms with van der Waals surface area (Å²) in [7, 11) is -3.86. The fourth-order valence-corrected chi connectivity index (χ4v) is 2.14. The van der Waals surface area contributed by atoms with Crippen LogP contribution in [0.5, 0.6) is 0 Å². The van der Waals surface area contributed by atoms with Gasteiger partial charge in [-0.3, -0.25) is 5.10 Å². The second-order valence-electron chi connectivity index (χ2n) is 3.56. The van der Waals surface area contributed by atoms with Crippen molar-refractivity contribution >= 4 is 21.8 Å². The van der Waals surface area contributed by atoms with Crippen molar-refractivity contribution in [2.45, 2.75) is 18.7 Å². The molecular formula is C8H11N7O2S. The van der Waals surface area contributed by atoms with Gasteiger partial charge in [0.25, 0.3) is 16.0 Å². The summed E-state index contributed by atoms with van der Waals surface area (Å²) < 4.78 is 26.0. The molecule has 2 aromatic heterocycles. The van der Waals surface area contributed by atoms with E-state index in [1.54, 1.807) is 13.8 Å². The Bertz CT molecular complexity index is 679. The summed E-state index contributed by atoms with van der Waals surface area (Å²) in [5.41, 5.74) is 6.65. The number of nitrogen functional groups attached to an aromatic ring is 1. The van der Waals surface area contributed by atoms with Crippen molar-refractivity contribution < 1.29 is 8.42 Å². The number of nitrogens with two attached hydrogens (primary N) is 1. The van der Waals surface area contributed by atoms with E-state index in [0.29, 0.717) is 11.4 Å². The lowest BCUT2D eigenvalue weighted by Crippen LogP contribution is -2.17. The molecule has 2 rings (SSSR count). The van der Waals surface area contributed by atoms with E-state index in [-0.39, 0.29) is 16.7 Å². The van der Waals surface area contributed by atoms with Crippen LogP contribution < -0.4 is 10.5 Å². The van der Waals surface area contributed by atoms with Gasteiger partial charge in [0.2, 0.25) is 0 Å². The Balaban J connectivity index is 2.34. The maximum Gasteiger partial charge on any atom is 0.269 e. The van der Waals surface area contributed by atoms with Gasteiger partial charge in [0.15, 0.2) is 0 Å². The third-order valence-electron chi connectivity index (χ3n) is 2.24. The van der Waals surface area contributed by atoms with Gasteiger partial charge in [0.1, 0.15) is 10.7 Å². The summed E-state index contributed by atoms with van der Waals surface area (Å²) in [6.07, 6.45) is 1.10. The normalized spacial score (nSPS) is 11.4. The van der Waals surface area contributed by atoms with Gasteiger partial charge in [0.05, 0.1) is 17.6 Å². The molecule has 0 aromatic carbocycles. The largest absolute Gasteiger partial charge is 0.383 e. The van der Waals surface area contributed by atoms with Gasteiger partial charge in [-0.2, -0.15) is 10.2 Å². The zero-order valence-corrected chi connectivity index (χ0v) is 10.5. The Hall–Kier alpha value is -2.23. The number of nitrogens with one attached hydrogen (secondary N) is 2. The summed E-state index contributed by atoms with van der Waals surface area (Å²) in [6.45, 7) is 3.43. The second-order valence-corrected chi connectivity index (χ2v) is 5.21. The van der Waals surface area contributed by atoms with Crippen molar-refractivity contribution in [1.82, 2.24) is 25.4 Å². The molecule has 0 spiro atoms. The van der Waals surface area contributed by atoms with Crippen LogP contribution in [0.3, 0.4) is 0 Å². The number of sulfonamides is 1. The first-order chi connectivity index (χ1) is 8.40. The van der Waals surface area contributed by atoms with Crippen LogP contribution in [-0.4, -0.2) is 33.8 Å². The Kier molecular flexibility index (Phi) is 2.87. The highest BCUT2D eigenvalue weighted by Gasteiger charge is 2.20. The second kappa shape index (κ2) is 4.22. The summed E-state index contributed by atoms with van der Waals surface area (Å²) in [4.78, 5) is 3.80. The molecule has 0 unspecified atom stereocenters. The molecule has 0 atom stereocenters. The highest BCUT2D eigenvalue weighted by molar-refractivity contribution is 7.92. The molecule has 0 amide bonds. The van der Waals surface area contributed by atoms with E-state index in [1.807, 2.05) is 0 Å². The van der Waals surface area contributed by atoms with E-state index >= 15 is 0 Å². The van der Waals surface area contributed by atoms with Crippen LogP contribution in [0.4, 0.5) is 11.8 Å². The SMILES string of the molecule is Cc1nnc(NS(=O)(=O)c2cn[nH]c2N)nc1C. The van der Waals surface area contributed by atoms with Crippen molar-refractivity contribution in [2.75, 3.05) is 10.5 Å². The minimum absolute atomic E-state index is 0.0562. The quantitative estimate of drug-likeness (QED) is 0.688. The standard InChI is InChI=1S/C8H11N7O2S/c1-4-5(2)12-14-8(11-4)15-18(16,17)6-3-10-13-7(6)9/h3H,1-2H3,(H3,9,10,13)(H,11,14,15). The average molecular weight is 269 g/mol. The Morgan fingerprint density at radius 1 is 1.28 bits per heavy atom. The van der Waals surface area contributed by atoms with Crippen LogP contribution in [0, 0.1) is 13.8 Å². The summed E-state index contributed by atoms with van der Waals surface area (Å²) >= 11 is 0. The van der Waals surface area contributed by atoms with Crippen molar-refractivity contribution in [3.63, 3.8) is 0 Å². The van der Waals surface area contributed by atoms with Crippen LogP contribution in [0.25, 0.3) is 0 Å². The number of rotatable bonds is 3. The Morgan fingerprint density at radius 2 is 2.00 bits per heavy atom. The molecule has 0 bridgehead atoms. The lowest BCUT2D eigenvalue weighted by atomic mass is 10.4. The predicted molar refractivity (Wildman–Crippen MR) is 63.1 cm³/mol. The first-order valence-corrected chi connectivity index (χ1v) is 6.38. The van der Waals surface area contributed by atoms with Gasteiger partial charge < -0.3 is 5.73 Å². The fraction of sp³-hybridized carbons (Fsp3) is 0.250. The average Bonchev–Trinajstić information content (AvgIpc) is 2.70. The van der Waals surface area contributed by atoms with Crippen molar-refractivity contribution in [2.24, 2.45) is 0 Å². The molecule has 0 saturated carbocycles. The van der Waals surface area contributed by atoms with Crippen LogP contribution >= 0.6 is 0 Å². The molecule has 0 aliphatic carbocycles. The van der Waals surface area contributed by atoms with Crippen LogP contribution in [0.15, 0.2) is 11.1 Å². The monoisotopic (exact) mass is 269 g/mol. The smallest absolute Gasteiger partial charge is 0.269 e. The molecule has 0 radical (unpaired) electrons. The molecule has 2 aromatic rings. The molecule has 0 aliphatic heterocycles. The molecule has 96 valence electrons. The maximum absolute atomic E-state index is 11.9. The summed E-state index contributed by atoms with van der Waals surface area (Å²) in [5.74, 6) is -0.169. The van der Waals surface area contributed by atoms with Crippen LogP contribution in [0.2, 0.25) is 0 Å². The van der Waals surface area contributed by atoms with Crippen molar-refractivity contribution in [3.05, 3.63) is 17.6 Å². The van der Waals surface area contributed by atoms with Gasteiger partial charge in [-0.15, -0.1) is 5.10 Å². The number of hydrogen-bond donors (Lipinski definition) is 3. The lowest BCUT2D eigenvalue weighted by Gasteiger charge is -2.05. The van der Waals surface area contributed by atoms with Gasteiger partial charge in [0, 0.05) is 0 Å². The van der Waals surface area contributed by atoms with Gasteiger partial charge in [-0.1, -0.05) is 0 Å². The van der Waals surface area contributed by atoms with Crippen LogP contribution in [0.1, 0.15) is 11.4 Å². The number of hydrogen-bond acceptors (Lipinski definition) is 7. The molecule has 9 nitrogen and oxygen atoms in total. The fourth-order valence-electron chi connectivity index (χ4n) is 1.17. The van der Waals surface area contributed by atoms with Gasteiger partial charge in [-0.25, -0.2) is 18.1 Å². The van der Waals surface area contributed by atoms with E-state index in [1.165, 1.54) is 0 Å². The van der Waals surface area contributed by atoms with E-state index in [4.69, 9.17) is 5.73 Å². The third-order valence-corrected chi connectivity index (χ3v) is 3.60. The van der Waals surface area contributed by atoms with Gasteiger partial charge >= 0.3 is 0 Å². The van der Waals surface area contributed by atoms with E-state index < -0.39 is 10.0 Å². The highest BCUT2D eigenvalue weighted by Crippen LogP contribution is 2.16. The minimum atomic E-state index is -3.86. The molecule has 0 fully saturated rings. The van der Waals surface area contributed by atoms with E-state index in [9.17, 15) is 8.42 Å². The topological polar surface area (TPSA) is 140 Å². The molecule has 2 heterocycles. The lowest BCUT2D eigenvalue weighted by molar-refractivity contribution is 0.601. The van der Waals surface area contributed by atoms with E-state index in [2.05, 4.69) is 30.1 Å². The number of aryl methyl sites for hydroxylation is 2. The number of anilines is 2. The van der Waals surface area contributed by atoms with Crippen LogP contribution in [-0.2, 0) is 10.0 Å². The molecule has 18 heavy (non-hydrogen) atoms. The molecule has 0 aliphatic rings. The first-order valence-electron chi connectivity index (χ1n) is 4.90. The summed E-state index contributed by atoms with van der Waals surface area (Å²) in [6, 6.07) is 0. The molecule has 4 N–H and O–H groups in total. The first kappa shape index (κ1) is 12.2. The predicted octanol–water partition coefficient (Wildman–Crippen LogP) is -0.405. The Morgan fingerprint density at radius 3 is 2.56 bits per heavy atom. The zero-order valence-electron chi connectivity index (χ0n) is 9.67. The van der Waals surface area contributed by atoms with Crippen molar-refractivity contribution in [3.8, 4) is 0 Å².